The fourth-order valence-corrected chi connectivity index (χ4v) is 2.55. The van der Waals surface area contributed by atoms with Gasteiger partial charge in [0.2, 0.25) is 0 Å². The molecule has 6 heteroatoms. The molecule has 0 atom stereocenters. The van der Waals surface area contributed by atoms with Crippen LogP contribution in [0.2, 0.25) is 0 Å². The van der Waals surface area contributed by atoms with Crippen LogP contribution in [0, 0.1) is 28.7 Å². The Balaban J connectivity index is 2.24. The van der Waals surface area contributed by atoms with Crippen molar-refractivity contribution < 1.29 is 4.79 Å². The van der Waals surface area contributed by atoms with E-state index in [4.69, 9.17) is 5.26 Å². The van der Waals surface area contributed by atoms with Crippen molar-refractivity contribution in [3.8, 4) is 11.8 Å². The van der Waals surface area contributed by atoms with E-state index in [0.29, 0.717) is 0 Å². The lowest BCUT2D eigenvalue weighted by molar-refractivity contribution is -0.120. The van der Waals surface area contributed by atoms with Crippen LogP contribution in [0.5, 0.6) is 0 Å². The molecule has 1 N–H and O–H groups in total. The van der Waals surface area contributed by atoms with Crippen molar-refractivity contribution in [3.05, 3.63) is 50.9 Å². The number of carbonyl (C=O) groups is 1. The Hall–Kier alpha value is -2.14. The van der Waals surface area contributed by atoms with Gasteiger partial charge in [-0.3, -0.25) is 4.79 Å². The molecular formula is C16H15IN4O. The second-order valence-electron chi connectivity index (χ2n) is 4.77. The lowest BCUT2D eigenvalue weighted by Gasteiger charge is -2.09. The van der Waals surface area contributed by atoms with Gasteiger partial charge in [0.15, 0.2) is 0 Å². The molecule has 5 nitrogen and oxygen atoms in total. The molecule has 1 heterocycles. The number of nitrogens with zero attached hydrogens (tertiary/aromatic N) is 3. The summed E-state index contributed by atoms with van der Waals surface area (Å²) in [6, 6.07) is 12.0. The minimum Gasteiger partial charge on any atom is -0.318 e. The number of aromatic nitrogens is 1. The van der Waals surface area contributed by atoms with E-state index in [1.807, 2.05) is 19.9 Å². The highest BCUT2D eigenvalue weighted by molar-refractivity contribution is 14.1. The number of hydrogen-bond donors (Lipinski definition) is 1. The van der Waals surface area contributed by atoms with Crippen LogP contribution < -0.4 is 5.43 Å². The SMILES string of the molecule is Cc1cc(C=NNC(=O)CC#N)c(C)n1-c1ccc(I)cc1. The number of hydrazone groups is 1. The third-order valence-electron chi connectivity index (χ3n) is 3.19. The highest BCUT2D eigenvalue weighted by atomic mass is 127. The third-order valence-corrected chi connectivity index (χ3v) is 3.91. The third kappa shape index (κ3) is 3.74. The summed E-state index contributed by atoms with van der Waals surface area (Å²) in [5, 5.41) is 12.3. The number of nitriles is 1. The normalized spacial score (nSPS) is 10.6. The zero-order chi connectivity index (χ0) is 16.1. The molecule has 0 aliphatic carbocycles. The second-order valence-corrected chi connectivity index (χ2v) is 6.01. The number of benzene rings is 1. The van der Waals surface area contributed by atoms with Crippen molar-refractivity contribution in [1.82, 2.24) is 9.99 Å². The van der Waals surface area contributed by atoms with Crippen molar-refractivity contribution >= 4 is 34.7 Å². The lowest BCUT2D eigenvalue weighted by Crippen LogP contribution is -2.16. The fraction of sp³-hybridized carbons (Fsp3) is 0.188. The molecule has 0 aliphatic rings. The van der Waals surface area contributed by atoms with Gasteiger partial charge in [0.1, 0.15) is 6.42 Å². The van der Waals surface area contributed by atoms with Crippen LogP contribution in [0.1, 0.15) is 23.4 Å². The van der Waals surface area contributed by atoms with E-state index >= 15 is 0 Å². The van der Waals surface area contributed by atoms with Gasteiger partial charge in [-0.1, -0.05) is 0 Å². The van der Waals surface area contributed by atoms with Crippen LogP contribution in [0.3, 0.4) is 0 Å². The van der Waals surface area contributed by atoms with Crippen molar-refractivity contribution in [2.24, 2.45) is 5.10 Å². The first kappa shape index (κ1) is 16.2. The van der Waals surface area contributed by atoms with Gasteiger partial charge in [0.05, 0.1) is 12.3 Å². The summed E-state index contributed by atoms with van der Waals surface area (Å²) in [5.41, 5.74) is 6.47. The number of carbonyl (C=O) groups excluding carboxylic acids is 1. The van der Waals surface area contributed by atoms with Gasteiger partial charge in [-0.2, -0.15) is 10.4 Å². The largest absolute Gasteiger partial charge is 0.318 e. The molecule has 2 rings (SSSR count). The molecule has 1 amide bonds. The topological polar surface area (TPSA) is 70.2 Å². The Morgan fingerprint density at radius 2 is 2.09 bits per heavy atom. The van der Waals surface area contributed by atoms with Crippen LogP contribution in [-0.2, 0) is 4.79 Å². The van der Waals surface area contributed by atoms with Gasteiger partial charge < -0.3 is 4.57 Å². The van der Waals surface area contributed by atoms with Crippen molar-refractivity contribution in [2.75, 3.05) is 0 Å². The summed E-state index contributed by atoms with van der Waals surface area (Å²) < 4.78 is 3.32. The van der Waals surface area contributed by atoms with E-state index in [2.05, 4.69) is 62.0 Å². The summed E-state index contributed by atoms with van der Waals surface area (Å²) in [7, 11) is 0. The first-order valence-corrected chi connectivity index (χ1v) is 7.74. The average Bonchev–Trinajstić information content (AvgIpc) is 2.75. The number of rotatable bonds is 4. The highest BCUT2D eigenvalue weighted by Gasteiger charge is 2.09. The van der Waals surface area contributed by atoms with Crippen molar-refractivity contribution in [1.29, 1.82) is 5.26 Å². The molecule has 0 aliphatic heterocycles. The molecule has 1 aromatic carbocycles. The quantitative estimate of drug-likeness (QED) is 0.482. The van der Waals surface area contributed by atoms with Crippen LogP contribution >= 0.6 is 22.6 Å². The Labute approximate surface area is 142 Å². The van der Waals surface area contributed by atoms with E-state index in [0.717, 1.165) is 22.6 Å². The van der Waals surface area contributed by atoms with Crippen LogP contribution in [-0.4, -0.2) is 16.7 Å². The number of hydrogen-bond acceptors (Lipinski definition) is 3. The molecule has 0 saturated heterocycles. The van der Waals surface area contributed by atoms with E-state index in [-0.39, 0.29) is 6.42 Å². The van der Waals surface area contributed by atoms with Crippen molar-refractivity contribution in [2.45, 2.75) is 20.3 Å². The summed E-state index contributed by atoms with van der Waals surface area (Å²) in [6.07, 6.45) is 1.40. The number of aryl methyl sites for hydroxylation is 1. The number of amides is 1. The van der Waals surface area contributed by atoms with Gasteiger partial charge in [0.25, 0.3) is 5.91 Å². The zero-order valence-corrected chi connectivity index (χ0v) is 14.5. The van der Waals surface area contributed by atoms with E-state index < -0.39 is 5.91 Å². The Kier molecular flexibility index (Phi) is 5.33. The molecule has 0 radical (unpaired) electrons. The van der Waals surface area contributed by atoms with E-state index in [1.165, 1.54) is 3.57 Å². The Bertz CT molecular complexity index is 754. The molecule has 22 heavy (non-hydrogen) atoms. The molecule has 0 unspecified atom stereocenters. The molecule has 0 fully saturated rings. The predicted octanol–water partition coefficient (Wildman–Crippen LogP) is 3.06. The highest BCUT2D eigenvalue weighted by Crippen LogP contribution is 2.20. The Morgan fingerprint density at radius 3 is 2.73 bits per heavy atom. The molecule has 0 bridgehead atoms. The van der Waals surface area contributed by atoms with Gasteiger partial charge in [0, 0.05) is 26.2 Å². The fourth-order valence-electron chi connectivity index (χ4n) is 2.19. The second kappa shape index (κ2) is 7.22. The maximum absolute atomic E-state index is 11.2. The minimum atomic E-state index is -0.412. The first-order chi connectivity index (χ1) is 10.5. The summed E-state index contributed by atoms with van der Waals surface area (Å²) in [5.74, 6) is -0.412. The van der Waals surface area contributed by atoms with Gasteiger partial charge in [-0.15, -0.1) is 0 Å². The van der Waals surface area contributed by atoms with Gasteiger partial charge in [-0.25, -0.2) is 5.43 Å². The van der Waals surface area contributed by atoms with Crippen LogP contribution in [0.25, 0.3) is 5.69 Å². The smallest absolute Gasteiger partial charge is 0.254 e. The molecule has 1 aromatic heterocycles. The summed E-state index contributed by atoms with van der Waals surface area (Å²) in [4.78, 5) is 11.2. The maximum atomic E-state index is 11.2. The number of halogens is 1. The Morgan fingerprint density at radius 1 is 1.41 bits per heavy atom. The van der Waals surface area contributed by atoms with Gasteiger partial charge in [-0.05, 0) is 66.8 Å². The van der Waals surface area contributed by atoms with Crippen LogP contribution in [0.15, 0.2) is 35.4 Å². The van der Waals surface area contributed by atoms with Crippen molar-refractivity contribution in [3.63, 3.8) is 0 Å². The molecule has 2 aromatic rings. The van der Waals surface area contributed by atoms with E-state index in [1.54, 1.807) is 12.3 Å². The molecule has 0 spiro atoms. The van der Waals surface area contributed by atoms with Gasteiger partial charge >= 0.3 is 0 Å². The molecule has 112 valence electrons. The lowest BCUT2D eigenvalue weighted by atomic mass is 10.2. The number of nitrogens with one attached hydrogen (secondary N) is 1. The summed E-state index contributed by atoms with van der Waals surface area (Å²) in [6.45, 7) is 4.03. The molecule has 0 saturated carbocycles. The first-order valence-electron chi connectivity index (χ1n) is 6.66. The monoisotopic (exact) mass is 406 g/mol. The predicted molar refractivity (Wildman–Crippen MR) is 93.9 cm³/mol. The van der Waals surface area contributed by atoms with Crippen LogP contribution in [0.4, 0.5) is 0 Å². The summed E-state index contributed by atoms with van der Waals surface area (Å²) >= 11 is 2.28. The van der Waals surface area contributed by atoms with E-state index in [9.17, 15) is 4.79 Å². The average molecular weight is 406 g/mol. The minimum absolute atomic E-state index is 0.195. The zero-order valence-electron chi connectivity index (χ0n) is 12.3. The standard InChI is InChI=1S/C16H15IN4O/c1-11-9-13(10-19-20-16(22)7-8-18)12(2)21(11)15-5-3-14(17)4-6-15/h3-6,9-10H,7H2,1-2H3,(H,20,22). The molecular weight excluding hydrogens is 391 g/mol. The maximum Gasteiger partial charge on any atom is 0.254 e.